The van der Waals surface area contributed by atoms with E-state index in [4.69, 9.17) is 9.47 Å². The van der Waals surface area contributed by atoms with Crippen LogP contribution in [0.4, 0.5) is 0 Å². The average Bonchev–Trinajstić information content (AvgIpc) is 3.22. The zero-order valence-electron chi connectivity index (χ0n) is 16.5. The zero-order valence-corrected chi connectivity index (χ0v) is 17.3. The van der Waals surface area contributed by atoms with Crippen LogP contribution in [0.15, 0.2) is 24.7 Å². The highest BCUT2D eigenvalue weighted by Crippen LogP contribution is 2.46. The van der Waals surface area contributed by atoms with Crippen molar-refractivity contribution in [1.82, 2.24) is 19.8 Å². The molecule has 0 aliphatic carbocycles. The fourth-order valence-corrected chi connectivity index (χ4v) is 5.74. The van der Waals surface area contributed by atoms with E-state index >= 15 is 0 Å². The molecule has 7 nitrogen and oxygen atoms in total. The first-order chi connectivity index (χ1) is 14.2. The number of aromatic nitrogens is 2. The molecule has 2 aromatic rings. The van der Waals surface area contributed by atoms with Gasteiger partial charge in [0.25, 0.3) is 0 Å². The van der Waals surface area contributed by atoms with E-state index in [0.717, 1.165) is 75.8 Å². The van der Waals surface area contributed by atoms with Crippen LogP contribution in [0.1, 0.15) is 23.3 Å². The molecule has 29 heavy (non-hydrogen) atoms. The van der Waals surface area contributed by atoms with E-state index in [1.807, 2.05) is 11.1 Å². The molecule has 0 saturated carbocycles. The molecule has 2 fully saturated rings. The molecular weight excluding hydrogens is 388 g/mol. The summed E-state index contributed by atoms with van der Waals surface area (Å²) < 4.78 is 11.7. The first-order valence-electron chi connectivity index (χ1n) is 10.3. The second kappa shape index (κ2) is 8.10. The number of rotatable bonds is 3. The van der Waals surface area contributed by atoms with Crippen molar-refractivity contribution in [3.8, 4) is 10.6 Å². The molecule has 5 heterocycles. The lowest BCUT2D eigenvalue weighted by Crippen LogP contribution is -2.51. The van der Waals surface area contributed by atoms with Crippen molar-refractivity contribution in [2.45, 2.75) is 24.9 Å². The number of hydrogen-bond donors (Lipinski definition) is 0. The van der Waals surface area contributed by atoms with Crippen molar-refractivity contribution in [2.75, 3.05) is 52.5 Å². The fraction of sp³-hybridized carbons (Fsp3) is 0.571. The summed E-state index contributed by atoms with van der Waals surface area (Å²) in [6, 6.07) is 2.24. The molecule has 3 aliphatic heterocycles. The number of likely N-dealkylation sites (tertiary alicyclic amines) is 1. The molecule has 0 unspecified atom stereocenters. The third-order valence-corrected chi connectivity index (χ3v) is 7.43. The van der Waals surface area contributed by atoms with Crippen LogP contribution in [0.2, 0.25) is 0 Å². The minimum Gasteiger partial charge on any atom is -0.379 e. The number of fused-ring (bicyclic) bond motifs is 2. The Labute approximate surface area is 174 Å². The van der Waals surface area contributed by atoms with Crippen molar-refractivity contribution < 1.29 is 14.3 Å². The van der Waals surface area contributed by atoms with E-state index in [0.29, 0.717) is 6.54 Å². The number of carbonyl (C=O) groups excluding carboxylic acids is 1. The van der Waals surface area contributed by atoms with Crippen molar-refractivity contribution in [2.24, 2.45) is 0 Å². The molecule has 2 aromatic heterocycles. The summed E-state index contributed by atoms with van der Waals surface area (Å²) in [5.41, 5.74) is 1.95. The Balaban J connectivity index is 1.29. The maximum atomic E-state index is 12.8. The van der Waals surface area contributed by atoms with Gasteiger partial charge in [-0.05, 0) is 24.5 Å². The molecule has 0 radical (unpaired) electrons. The van der Waals surface area contributed by atoms with Crippen molar-refractivity contribution in [3.63, 3.8) is 0 Å². The predicted octanol–water partition coefficient (Wildman–Crippen LogP) is 1.93. The van der Waals surface area contributed by atoms with Crippen LogP contribution < -0.4 is 0 Å². The van der Waals surface area contributed by atoms with Gasteiger partial charge in [-0.25, -0.2) is 0 Å². The van der Waals surface area contributed by atoms with E-state index in [1.165, 1.54) is 10.4 Å². The van der Waals surface area contributed by atoms with Gasteiger partial charge in [-0.1, -0.05) is 0 Å². The molecule has 0 aromatic carbocycles. The molecule has 2 saturated heterocycles. The van der Waals surface area contributed by atoms with Gasteiger partial charge < -0.3 is 14.4 Å². The summed E-state index contributed by atoms with van der Waals surface area (Å²) in [5.74, 6) is 0.225. The van der Waals surface area contributed by atoms with Gasteiger partial charge in [0.05, 0.1) is 48.7 Å². The summed E-state index contributed by atoms with van der Waals surface area (Å²) in [4.78, 5) is 28.2. The molecule has 5 rings (SSSR count). The molecule has 3 aliphatic rings. The van der Waals surface area contributed by atoms with Gasteiger partial charge in [0.2, 0.25) is 5.91 Å². The largest absolute Gasteiger partial charge is 0.379 e. The minimum atomic E-state index is -0.264. The number of hydrogen-bond acceptors (Lipinski definition) is 7. The Kier molecular flexibility index (Phi) is 5.34. The Hall–Kier alpha value is -1.87. The van der Waals surface area contributed by atoms with E-state index in [1.54, 1.807) is 23.7 Å². The standard InChI is InChI=1S/C21H26N4O3S/c26-20(15-24-8-11-27-12-9-24)25-6-2-21(3-7-25)16-13-19(17-14-22-4-5-23-17)29-18(16)1-10-28-21/h4-5,13-14H,1-3,6-12,15H2. The van der Waals surface area contributed by atoms with Crippen molar-refractivity contribution in [1.29, 1.82) is 0 Å². The first-order valence-corrected chi connectivity index (χ1v) is 11.2. The normalized spacial score (nSPS) is 21.9. The Bertz CT molecular complexity index is 858. The number of carbonyl (C=O) groups is 1. The van der Waals surface area contributed by atoms with Crippen LogP contribution in [-0.2, 0) is 26.3 Å². The van der Waals surface area contributed by atoms with Gasteiger partial charge in [-0.3, -0.25) is 19.7 Å². The third-order valence-electron chi connectivity index (χ3n) is 6.21. The lowest BCUT2D eigenvalue weighted by Gasteiger charge is -2.44. The lowest BCUT2D eigenvalue weighted by atomic mass is 9.82. The Morgan fingerprint density at radius 2 is 1.97 bits per heavy atom. The number of amides is 1. The number of ether oxygens (including phenoxy) is 2. The summed E-state index contributed by atoms with van der Waals surface area (Å²) in [6.07, 6.45) is 7.90. The van der Waals surface area contributed by atoms with Crippen LogP contribution in [0.25, 0.3) is 10.6 Å². The average molecular weight is 415 g/mol. The maximum absolute atomic E-state index is 12.8. The van der Waals surface area contributed by atoms with Gasteiger partial charge >= 0.3 is 0 Å². The summed E-state index contributed by atoms with van der Waals surface area (Å²) in [6.45, 7) is 5.87. The van der Waals surface area contributed by atoms with Crippen molar-refractivity contribution >= 4 is 17.2 Å². The zero-order chi connectivity index (χ0) is 19.7. The van der Waals surface area contributed by atoms with Gasteiger partial charge in [-0.2, -0.15) is 0 Å². The van der Waals surface area contributed by atoms with Crippen LogP contribution in [-0.4, -0.2) is 78.2 Å². The van der Waals surface area contributed by atoms with Crippen molar-refractivity contribution in [3.05, 3.63) is 35.1 Å². The second-order valence-corrected chi connectivity index (χ2v) is 9.04. The highest BCUT2D eigenvalue weighted by molar-refractivity contribution is 7.15. The Morgan fingerprint density at radius 1 is 1.14 bits per heavy atom. The molecule has 1 amide bonds. The summed E-state index contributed by atoms with van der Waals surface area (Å²) >= 11 is 1.80. The minimum absolute atomic E-state index is 0.225. The molecular formula is C21H26N4O3S. The van der Waals surface area contributed by atoms with E-state index in [-0.39, 0.29) is 11.5 Å². The summed E-state index contributed by atoms with van der Waals surface area (Å²) in [7, 11) is 0. The maximum Gasteiger partial charge on any atom is 0.236 e. The van der Waals surface area contributed by atoms with Crippen LogP contribution in [0.5, 0.6) is 0 Å². The SMILES string of the molecule is O=C(CN1CCOCC1)N1CCC2(CC1)OCCc1sc(-c3cnccn3)cc12. The third kappa shape index (κ3) is 3.82. The second-order valence-electron chi connectivity index (χ2n) is 7.90. The number of nitrogens with zero attached hydrogens (tertiary/aromatic N) is 4. The highest BCUT2D eigenvalue weighted by atomic mass is 32.1. The molecule has 1 spiro atoms. The van der Waals surface area contributed by atoms with Gasteiger partial charge in [0.1, 0.15) is 0 Å². The molecule has 0 N–H and O–H groups in total. The topological polar surface area (TPSA) is 67.8 Å². The first kappa shape index (κ1) is 19.1. The van der Waals surface area contributed by atoms with Gasteiger partial charge in [0.15, 0.2) is 0 Å². The lowest BCUT2D eigenvalue weighted by molar-refractivity contribution is -0.142. The summed E-state index contributed by atoms with van der Waals surface area (Å²) in [5, 5.41) is 0. The molecule has 154 valence electrons. The molecule has 8 heteroatoms. The van der Waals surface area contributed by atoms with E-state index in [9.17, 15) is 4.79 Å². The number of morpholine rings is 1. The van der Waals surface area contributed by atoms with E-state index in [2.05, 4.69) is 20.9 Å². The molecule has 0 bridgehead atoms. The Morgan fingerprint density at radius 3 is 2.72 bits per heavy atom. The monoisotopic (exact) mass is 414 g/mol. The molecule has 0 atom stereocenters. The van der Waals surface area contributed by atoms with Crippen LogP contribution in [0, 0.1) is 0 Å². The number of thiophene rings is 1. The predicted molar refractivity (Wildman–Crippen MR) is 110 cm³/mol. The van der Waals surface area contributed by atoms with Crippen LogP contribution in [0.3, 0.4) is 0 Å². The van der Waals surface area contributed by atoms with E-state index < -0.39 is 0 Å². The van der Waals surface area contributed by atoms with Gasteiger partial charge in [-0.15, -0.1) is 11.3 Å². The van der Waals surface area contributed by atoms with Gasteiger partial charge in [0, 0.05) is 49.9 Å². The smallest absolute Gasteiger partial charge is 0.236 e. The highest BCUT2D eigenvalue weighted by Gasteiger charge is 2.43. The fourth-order valence-electron chi connectivity index (χ4n) is 4.55. The number of piperidine rings is 1. The van der Waals surface area contributed by atoms with Crippen LogP contribution >= 0.6 is 11.3 Å². The quantitative estimate of drug-likeness (QED) is 0.765.